The normalized spacial score (nSPS) is 52.0. The van der Waals surface area contributed by atoms with Gasteiger partial charge >= 0.3 is 11.9 Å². The van der Waals surface area contributed by atoms with Gasteiger partial charge in [-0.15, -0.1) is 0 Å². The molecule has 0 bridgehead atoms. The van der Waals surface area contributed by atoms with Gasteiger partial charge in [-0.2, -0.15) is 0 Å². The van der Waals surface area contributed by atoms with Crippen LogP contribution in [-0.4, -0.2) is 24.6 Å². The van der Waals surface area contributed by atoms with Crippen LogP contribution in [-0.2, 0) is 19.1 Å². The van der Waals surface area contributed by atoms with Crippen molar-refractivity contribution in [3.05, 3.63) is 0 Å². The maximum Gasteiger partial charge on any atom is 0.311 e. The Balaban J connectivity index is 1.77. The molecule has 27 heavy (non-hydrogen) atoms. The molecular weight excluding hydrogens is 340 g/mol. The molecule has 3 aliphatic carbocycles. The third kappa shape index (κ3) is 2.28. The molecule has 0 aromatic heterocycles. The smallest absolute Gasteiger partial charge is 0.311 e. The van der Waals surface area contributed by atoms with Crippen LogP contribution in [0.1, 0.15) is 85.5 Å². The van der Waals surface area contributed by atoms with E-state index in [2.05, 4.69) is 27.7 Å². The summed E-state index contributed by atoms with van der Waals surface area (Å²) in [5, 5.41) is 0. The Labute approximate surface area is 163 Å². The minimum Gasteiger partial charge on any atom is -0.469 e. The van der Waals surface area contributed by atoms with Gasteiger partial charge in [0, 0.05) is 11.8 Å². The third-order valence-corrected chi connectivity index (χ3v) is 9.79. The molecule has 0 unspecified atom stereocenters. The zero-order chi connectivity index (χ0) is 19.7. The number of methoxy groups -OCH3 is 1. The Kier molecular flexibility index (Phi) is 4.26. The van der Waals surface area contributed by atoms with E-state index in [4.69, 9.17) is 9.47 Å². The van der Waals surface area contributed by atoms with Crippen LogP contribution < -0.4 is 0 Å². The van der Waals surface area contributed by atoms with Crippen LogP contribution in [0.4, 0.5) is 0 Å². The second kappa shape index (κ2) is 5.97. The molecule has 0 aromatic rings. The topological polar surface area (TPSA) is 52.6 Å². The van der Waals surface area contributed by atoms with Crippen LogP contribution in [0.25, 0.3) is 0 Å². The second-order valence-corrected chi connectivity index (χ2v) is 10.7. The average molecular weight is 377 g/mol. The van der Waals surface area contributed by atoms with Crippen LogP contribution in [0.2, 0.25) is 0 Å². The zero-order valence-electron chi connectivity index (χ0n) is 17.7. The van der Waals surface area contributed by atoms with E-state index in [-0.39, 0.29) is 33.8 Å². The number of rotatable bonds is 1. The fraction of sp³-hybridized carbons (Fsp3) is 0.913. The van der Waals surface area contributed by atoms with Crippen molar-refractivity contribution in [3.8, 4) is 0 Å². The second-order valence-electron chi connectivity index (χ2n) is 10.7. The van der Waals surface area contributed by atoms with Crippen molar-refractivity contribution < 1.29 is 19.1 Å². The summed E-state index contributed by atoms with van der Waals surface area (Å²) >= 11 is 0. The van der Waals surface area contributed by atoms with Crippen molar-refractivity contribution in [3.63, 3.8) is 0 Å². The molecule has 7 atom stereocenters. The molecule has 0 radical (unpaired) electrons. The van der Waals surface area contributed by atoms with Gasteiger partial charge in [0.25, 0.3) is 0 Å². The molecule has 4 nitrogen and oxygen atoms in total. The van der Waals surface area contributed by atoms with Crippen LogP contribution in [0, 0.1) is 34.0 Å². The molecule has 0 aromatic carbocycles. The molecule has 4 rings (SSSR count). The Bertz CT molecular complexity index is 659. The van der Waals surface area contributed by atoms with Crippen LogP contribution in [0.5, 0.6) is 0 Å². The van der Waals surface area contributed by atoms with E-state index >= 15 is 0 Å². The van der Waals surface area contributed by atoms with Gasteiger partial charge in [0.1, 0.15) is 5.60 Å². The van der Waals surface area contributed by atoms with Crippen molar-refractivity contribution >= 4 is 11.9 Å². The Morgan fingerprint density at radius 1 is 1.04 bits per heavy atom. The molecule has 0 amide bonds. The molecule has 3 saturated carbocycles. The summed E-state index contributed by atoms with van der Waals surface area (Å²) in [6, 6.07) is 0. The molecule has 4 fully saturated rings. The molecule has 152 valence electrons. The van der Waals surface area contributed by atoms with E-state index in [1.54, 1.807) is 0 Å². The van der Waals surface area contributed by atoms with Gasteiger partial charge in [-0.05, 0) is 75.0 Å². The maximum absolute atomic E-state index is 12.8. The fourth-order valence-electron chi connectivity index (χ4n) is 8.51. The Morgan fingerprint density at radius 3 is 2.41 bits per heavy atom. The molecule has 1 heterocycles. The fourth-order valence-corrected chi connectivity index (χ4v) is 8.51. The number of carbonyl (C=O) groups excluding carboxylic acids is 2. The quantitative estimate of drug-likeness (QED) is 0.611. The number of hydrogen-bond donors (Lipinski definition) is 0. The largest absolute Gasteiger partial charge is 0.469 e. The van der Waals surface area contributed by atoms with E-state index in [9.17, 15) is 9.59 Å². The van der Waals surface area contributed by atoms with Gasteiger partial charge < -0.3 is 9.47 Å². The summed E-state index contributed by atoms with van der Waals surface area (Å²) in [6.45, 7) is 9.26. The number of esters is 2. The van der Waals surface area contributed by atoms with E-state index in [0.717, 1.165) is 38.5 Å². The monoisotopic (exact) mass is 376 g/mol. The summed E-state index contributed by atoms with van der Waals surface area (Å²) in [4.78, 5) is 25.0. The standard InChI is InChI=1S/C23H36O4/c1-15-7-8-17-20(2)11-6-12-21(3,19(25)26-5)16(20)9-13-22(17,4)23(15)14-10-18(24)27-23/h15-17H,6-14H2,1-5H3/t15-,16+,17+,20-,21-,22+,23-/m0/s1. The van der Waals surface area contributed by atoms with Crippen molar-refractivity contribution in [2.75, 3.05) is 7.11 Å². The van der Waals surface area contributed by atoms with Gasteiger partial charge in [-0.25, -0.2) is 0 Å². The van der Waals surface area contributed by atoms with Crippen molar-refractivity contribution in [1.82, 2.24) is 0 Å². The number of hydrogen-bond acceptors (Lipinski definition) is 4. The molecular formula is C23H36O4. The van der Waals surface area contributed by atoms with E-state index in [1.807, 2.05) is 0 Å². The molecule has 4 aliphatic rings. The van der Waals surface area contributed by atoms with Crippen LogP contribution in [0.3, 0.4) is 0 Å². The highest BCUT2D eigenvalue weighted by molar-refractivity contribution is 5.77. The zero-order valence-corrected chi connectivity index (χ0v) is 17.7. The molecule has 1 aliphatic heterocycles. The van der Waals surface area contributed by atoms with Gasteiger partial charge in [0.05, 0.1) is 12.5 Å². The first-order valence-electron chi connectivity index (χ1n) is 10.9. The van der Waals surface area contributed by atoms with Gasteiger partial charge in [-0.3, -0.25) is 9.59 Å². The lowest BCUT2D eigenvalue weighted by Gasteiger charge is -2.68. The summed E-state index contributed by atoms with van der Waals surface area (Å²) < 4.78 is 11.5. The first kappa shape index (κ1) is 19.3. The predicted molar refractivity (Wildman–Crippen MR) is 103 cm³/mol. The van der Waals surface area contributed by atoms with Crippen molar-refractivity contribution in [2.24, 2.45) is 34.0 Å². The molecule has 1 spiro atoms. The van der Waals surface area contributed by atoms with Gasteiger partial charge in [-0.1, -0.05) is 27.2 Å². The minimum atomic E-state index is -0.383. The SMILES string of the molecule is COC(=O)[C@@]1(C)CCC[C@@]2(C)[C@H]1CC[C@]1(C)[C@@H]2CC[C@H](C)[C@@]12CCC(=O)O2. The molecule has 0 N–H and O–H groups in total. The highest BCUT2D eigenvalue weighted by atomic mass is 16.6. The van der Waals surface area contributed by atoms with Gasteiger partial charge in [0.2, 0.25) is 0 Å². The Morgan fingerprint density at radius 2 is 1.78 bits per heavy atom. The highest BCUT2D eigenvalue weighted by Gasteiger charge is 2.70. The third-order valence-electron chi connectivity index (χ3n) is 9.79. The summed E-state index contributed by atoms with van der Waals surface area (Å²) in [5.41, 5.74) is -0.571. The first-order valence-corrected chi connectivity index (χ1v) is 10.9. The Hall–Kier alpha value is -1.06. The lowest BCUT2D eigenvalue weighted by Crippen LogP contribution is -2.66. The average Bonchev–Trinajstić information content (AvgIpc) is 3.02. The lowest BCUT2D eigenvalue weighted by atomic mass is 9.37. The maximum atomic E-state index is 12.8. The van der Waals surface area contributed by atoms with E-state index < -0.39 is 0 Å². The van der Waals surface area contributed by atoms with Crippen LogP contribution >= 0.6 is 0 Å². The van der Waals surface area contributed by atoms with E-state index in [1.165, 1.54) is 20.0 Å². The highest BCUT2D eigenvalue weighted by Crippen LogP contribution is 2.71. The van der Waals surface area contributed by atoms with Crippen molar-refractivity contribution in [1.29, 1.82) is 0 Å². The van der Waals surface area contributed by atoms with Gasteiger partial charge in [0.15, 0.2) is 0 Å². The molecule has 4 heteroatoms. The summed E-state index contributed by atoms with van der Waals surface area (Å²) in [5.74, 6) is 1.22. The van der Waals surface area contributed by atoms with E-state index in [0.29, 0.717) is 24.2 Å². The number of carbonyl (C=O) groups is 2. The number of fused-ring (bicyclic) bond motifs is 4. The predicted octanol–water partition coefficient (Wildman–Crippen LogP) is 4.89. The lowest BCUT2D eigenvalue weighted by molar-refractivity contribution is -0.244. The number of ether oxygens (including phenoxy) is 2. The summed E-state index contributed by atoms with van der Waals surface area (Å²) in [7, 11) is 1.53. The van der Waals surface area contributed by atoms with Crippen molar-refractivity contribution in [2.45, 2.75) is 91.1 Å². The van der Waals surface area contributed by atoms with Crippen LogP contribution in [0.15, 0.2) is 0 Å². The summed E-state index contributed by atoms with van der Waals surface area (Å²) in [6.07, 6.45) is 8.98. The minimum absolute atomic E-state index is 0.0104. The first-order chi connectivity index (χ1) is 12.6. The molecule has 1 saturated heterocycles.